The molecule has 1 aliphatic heterocycles. The highest BCUT2D eigenvalue weighted by Crippen LogP contribution is 2.36. The summed E-state index contributed by atoms with van der Waals surface area (Å²) in [5, 5.41) is 2.94. The molecule has 3 aromatic rings. The number of anilines is 1. The van der Waals surface area contributed by atoms with Gasteiger partial charge in [-0.1, -0.05) is 28.1 Å². The maximum atomic E-state index is 12.7. The monoisotopic (exact) mass is 442 g/mol. The highest BCUT2D eigenvalue weighted by molar-refractivity contribution is 9.10. The molecule has 0 bridgehead atoms. The van der Waals surface area contributed by atoms with Crippen LogP contribution in [0.1, 0.15) is 15.4 Å². The van der Waals surface area contributed by atoms with Gasteiger partial charge in [-0.2, -0.15) is 0 Å². The second-order valence-corrected chi connectivity index (χ2v) is 8.11. The number of rotatable bonds is 4. The summed E-state index contributed by atoms with van der Waals surface area (Å²) in [7, 11) is 0. The number of hydrogen-bond donors (Lipinski definition) is 0. The molecule has 4 rings (SSSR count). The maximum Gasteiger partial charge on any atom is 0.265 e. The predicted octanol–water partition coefficient (Wildman–Crippen LogP) is 4.49. The molecule has 0 fully saturated rings. The average molecular weight is 443 g/mol. The Balaban J connectivity index is 1.66. The molecular weight excluding hydrogens is 428 g/mol. The van der Waals surface area contributed by atoms with Crippen molar-refractivity contribution in [3.63, 3.8) is 0 Å². The third-order valence-corrected chi connectivity index (χ3v) is 5.59. The van der Waals surface area contributed by atoms with Crippen LogP contribution in [0.4, 0.5) is 5.69 Å². The summed E-state index contributed by atoms with van der Waals surface area (Å²) >= 11 is 4.92. The molecule has 2 aromatic carbocycles. The number of amides is 1. The van der Waals surface area contributed by atoms with E-state index in [0.29, 0.717) is 17.0 Å². The molecule has 136 valence electrons. The van der Waals surface area contributed by atoms with Crippen LogP contribution in [0.5, 0.6) is 5.75 Å². The minimum atomic E-state index is -0.237. The van der Waals surface area contributed by atoms with Crippen molar-refractivity contribution in [3.8, 4) is 17.0 Å². The van der Waals surface area contributed by atoms with E-state index in [0.717, 1.165) is 20.7 Å². The highest BCUT2D eigenvalue weighted by atomic mass is 79.9. The first kappa shape index (κ1) is 17.9. The van der Waals surface area contributed by atoms with Gasteiger partial charge in [-0.25, -0.2) is 4.98 Å². The van der Waals surface area contributed by atoms with Gasteiger partial charge in [0, 0.05) is 21.0 Å². The van der Waals surface area contributed by atoms with E-state index in [9.17, 15) is 9.59 Å². The Hall–Kier alpha value is -2.51. The number of ether oxygens (including phenoxy) is 1. The van der Waals surface area contributed by atoms with Crippen LogP contribution in [0.15, 0.2) is 52.3 Å². The molecule has 2 heterocycles. The van der Waals surface area contributed by atoms with Gasteiger partial charge in [0.25, 0.3) is 5.91 Å². The van der Waals surface area contributed by atoms with Gasteiger partial charge in [-0.3, -0.25) is 14.5 Å². The zero-order valence-electron chi connectivity index (χ0n) is 14.4. The second kappa shape index (κ2) is 7.25. The number of thiazole rings is 1. The topological polar surface area (TPSA) is 59.5 Å². The predicted molar refractivity (Wildman–Crippen MR) is 109 cm³/mol. The van der Waals surface area contributed by atoms with E-state index in [1.165, 1.54) is 4.90 Å². The lowest BCUT2D eigenvalue weighted by atomic mass is 10.1. The van der Waals surface area contributed by atoms with Crippen molar-refractivity contribution in [3.05, 3.63) is 62.9 Å². The Morgan fingerprint density at radius 2 is 2.04 bits per heavy atom. The van der Waals surface area contributed by atoms with Crippen molar-refractivity contribution in [1.29, 1.82) is 0 Å². The number of nitrogens with zero attached hydrogens (tertiary/aromatic N) is 2. The van der Waals surface area contributed by atoms with Crippen LogP contribution in [0.2, 0.25) is 0 Å². The minimum Gasteiger partial charge on any atom is -0.482 e. The Kier molecular flexibility index (Phi) is 4.80. The smallest absolute Gasteiger partial charge is 0.265 e. The van der Waals surface area contributed by atoms with Crippen LogP contribution >= 0.6 is 27.3 Å². The number of benzene rings is 2. The third-order valence-electron chi connectivity index (χ3n) is 4.28. The molecule has 0 unspecified atom stereocenters. The van der Waals surface area contributed by atoms with Crippen LogP contribution in [0, 0.1) is 6.92 Å². The van der Waals surface area contributed by atoms with Gasteiger partial charge in [0.2, 0.25) is 0 Å². The molecule has 0 saturated carbocycles. The fourth-order valence-electron chi connectivity index (χ4n) is 2.90. The number of aryl methyl sites for hydroxylation is 1. The number of Topliss-reactive ketones (excluding diaryl/α,β-unsaturated/α-hetero) is 1. The first-order valence-corrected chi connectivity index (χ1v) is 9.97. The number of aromatic nitrogens is 1. The molecule has 0 N–H and O–H groups in total. The van der Waals surface area contributed by atoms with Crippen molar-refractivity contribution in [2.24, 2.45) is 0 Å². The van der Waals surface area contributed by atoms with Gasteiger partial charge in [0.15, 0.2) is 12.4 Å². The molecule has 7 heteroatoms. The van der Waals surface area contributed by atoms with Crippen LogP contribution in [-0.2, 0) is 4.79 Å². The normalized spacial score (nSPS) is 13.3. The van der Waals surface area contributed by atoms with Gasteiger partial charge in [0.05, 0.1) is 22.9 Å². The highest BCUT2D eigenvalue weighted by Gasteiger charge is 2.28. The van der Waals surface area contributed by atoms with Crippen molar-refractivity contribution in [2.75, 3.05) is 18.1 Å². The van der Waals surface area contributed by atoms with Crippen LogP contribution in [-0.4, -0.2) is 29.8 Å². The van der Waals surface area contributed by atoms with Crippen LogP contribution < -0.4 is 9.64 Å². The summed E-state index contributed by atoms with van der Waals surface area (Å²) in [5.41, 5.74) is 2.89. The molecule has 5 nitrogen and oxygen atoms in total. The molecule has 0 saturated heterocycles. The molecule has 1 amide bonds. The molecule has 0 atom stereocenters. The number of carbonyl (C=O) groups excluding carboxylic acids is 2. The summed E-state index contributed by atoms with van der Waals surface area (Å²) in [6.07, 6.45) is 0. The summed E-state index contributed by atoms with van der Waals surface area (Å²) in [6.45, 7) is 1.84. The van der Waals surface area contributed by atoms with Gasteiger partial charge in [-0.05, 0) is 37.3 Å². The van der Waals surface area contributed by atoms with Crippen molar-refractivity contribution in [2.45, 2.75) is 6.92 Å². The van der Waals surface area contributed by atoms with E-state index in [-0.39, 0.29) is 24.8 Å². The molecule has 1 aromatic heterocycles. The summed E-state index contributed by atoms with van der Waals surface area (Å²) in [6, 6.07) is 12.7. The van der Waals surface area contributed by atoms with Crippen LogP contribution in [0.25, 0.3) is 11.3 Å². The summed E-state index contributed by atoms with van der Waals surface area (Å²) in [5.74, 6) is 0.229. The lowest BCUT2D eigenvalue weighted by Crippen LogP contribution is -2.42. The van der Waals surface area contributed by atoms with Crippen molar-refractivity contribution in [1.82, 2.24) is 4.98 Å². The van der Waals surface area contributed by atoms with E-state index in [1.807, 2.05) is 42.6 Å². The summed E-state index contributed by atoms with van der Waals surface area (Å²) in [4.78, 5) is 31.1. The quantitative estimate of drug-likeness (QED) is 0.558. The largest absolute Gasteiger partial charge is 0.482 e. The second-order valence-electron chi connectivity index (χ2n) is 6.13. The number of halogens is 1. The first-order valence-electron chi connectivity index (χ1n) is 8.30. The van der Waals surface area contributed by atoms with Gasteiger partial charge in [0.1, 0.15) is 5.75 Å². The molecular formula is C20H15BrN2O3S. The Morgan fingerprint density at radius 3 is 2.74 bits per heavy atom. The van der Waals surface area contributed by atoms with Crippen LogP contribution in [0.3, 0.4) is 0 Å². The number of ketones is 1. The fourth-order valence-corrected chi connectivity index (χ4v) is 3.79. The number of hydrogen-bond acceptors (Lipinski definition) is 5. The van der Waals surface area contributed by atoms with E-state index in [4.69, 9.17) is 4.74 Å². The Labute approximate surface area is 168 Å². The average Bonchev–Trinajstić information content (AvgIpc) is 3.10. The lowest BCUT2D eigenvalue weighted by Gasteiger charge is -2.29. The lowest BCUT2D eigenvalue weighted by molar-refractivity contribution is -0.121. The van der Waals surface area contributed by atoms with Crippen molar-refractivity contribution >= 4 is 44.6 Å². The standard InChI is InChI=1S/C20H15BrN2O3S/c1-12-22-16(11-27-12)14-4-7-19-17(8-14)23(20(25)10-26-19)9-18(24)13-2-5-15(21)6-3-13/h2-8,11H,9-10H2,1H3. The first-order chi connectivity index (χ1) is 13.0. The van der Waals surface area contributed by atoms with Gasteiger partial charge < -0.3 is 4.74 Å². The fraction of sp³-hybridized carbons (Fsp3) is 0.150. The minimum absolute atomic E-state index is 0.0314. The van der Waals surface area contributed by atoms with E-state index in [2.05, 4.69) is 20.9 Å². The Morgan fingerprint density at radius 1 is 1.26 bits per heavy atom. The summed E-state index contributed by atoms with van der Waals surface area (Å²) < 4.78 is 6.44. The van der Waals surface area contributed by atoms with Gasteiger partial charge >= 0.3 is 0 Å². The zero-order valence-corrected chi connectivity index (χ0v) is 16.8. The zero-order chi connectivity index (χ0) is 19.0. The van der Waals surface area contributed by atoms with Crippen molar-refractivity contribution < 1.29 is 14.3 Å². The molecule has 0 spiro atoms. The Bertz CT molecular complexity index is 1030. The van der Waals surface area contributed by atoms with E-state index >= 15 is 0 Å². The third kappa shape index (κ3) is 3.65. The number of carbonyl (C=O) groups is 2. The number of fused-ring (bicyclic) bond motifs is 1. The molecule has 0 aliphatic carbocycles. The molecule has 0 radical (unpaired) electrons. The van der Waals surface area contributed by atoms with E-state index in [1.54, 1.807) is 23.5 Å². The maximum absolute atomic E-state index is 12.7. The van der Waals surface area contributed by atoms with Gasteiger partial charge in [-0.15, -0.1) is 11.3 Å². The molecule has 27 heavy (non-hydrogen) atoms. The van der Waals surface area contributed by atoms with E-state index < -0.39 is 0 Å². The SMILES string of the molecule is Cc1nc(-c2ccc3c(c2)N(CC(=O)c2ccc(Br)cc2)C(=O)CO3)cs1. The molecule has 1 aliphatic rings.